The van der Waals surface area contributed by atoms with Crippen LogP contribution in [0.1, 0.15) is 34.3 Å². The number of hydrogen-bond donors (Lipinski definition) is 2. The van der Waals surface area contributed by atoms with E-state index in [0.717, 1.165) is 46.9 Å². The van der Waals surface area contributed by atoms with Crippen molar-refractivity contribution in [3.8, 4) is 0 Å². The van der Waals surface area contributed by atoms with E-state index in [0.29, 0.717) is 11.6 Å². The molecule has 0 atom stereocenters. The van der Waals surface area contributed by atoms with Crippen molar-refractivity contribution in [2.45, 2.75) is 18.9 Å². The molecule has 6 nitrogen and oxygen atoms in total. The van der Waals surface area contributed by atoms with Gasteiger partial charge in [0.1, 0.15) is 5.82 Å². The predicted molar refractivity (Wildman–Crippen MR) is 107 cm³/mol. The number of anilines is 2. The molecule has 0 spiro atoms. The molecule has 2 N–H and O–H groups in total. The first-order chi connectivity index (χ1) is 13.8. The standard InChI is InChI=1S/C22H18N4O2/c27-22(25-28)15-9-7-14(8-10-15)20-17-4-3-13-23-21(17)26(16-11-12-16)19-6-2-1-5-18(19)24-20/h1-10,13,16,28H,11-12H2,(H,25,27). The molecule has 0 saturated heterocycles. The molecule has 0 radical (unpaired) electrons. The monoisotopic (exact) mass is 370 g/mol. The van der Waals surface area contributed by atoms with E-state index in [4.69, 9.17) is 15.2 Å². The molecule has 0 unspecified atom stereocenters. The zero-order valence-electron chi connectivity index (χ0n) is 15.0. The number of nitrogens with one attached hydrogen (secondary N) is 1. The molecule has 0 bridgehead atoms. The number of amides is 1. The molecule has 1 aliphatic heterocycles. The fourth-order valence-electron chi connectivity index (χ4n) is 3.60. The average molecular weight is 370 g/mol. The maximum Gasteiger partial charge on any atom is 0.274 e. The number of aromatic nitrogens is 1. The first-order valence-electron chi connectivity index (χ1n) is 9.23. The molecule has 1 aliphatic carbocycles. The van der Waals surface area contributed by atoms with Gasteiger partial charge in [0.25, 0.3) is 5.91 Å². The Morgan fingerprint density at radius 2 is 1.82 bits per heavy atom. The average Bonchev–Trinajstić information content (AvgIpc) is 3.59. The molecular weight excluding hydrogens is 352 g/mol. The summed E-state index contributed by atoms with van der Waals surface area (Å²) in [6.07, 6.45) is 4.10. The summed E-state index contributed by atoms with van der Waals surface area (Å²) < 4.78 is 0. The maximum absolute atomic E-state index is 11.6. The van der Waals surface area contributed by atoms with Crippen molar-refractivity contribution in [1.82, 2.24) is 10.5 Å². The number of hydroxylamine groups is 1. The quantitative estimate of drug-likeness (QED) is 0.540. The van der Waals surface area contributed by atoms with Gasteiger partial charge in [0.15, 0.2) is 0 Å². The minimum absolute atomic E-state index is 0.381. The summed E-state index contributed by atoms with van der Waals surface area (Å²) in [5.41, 5.74) is 6.67. The molecular formula is C22H18N4O2. The molecule has 138 valence electrons. The summed E-state index contributed by atoms with van der Waals surface area (Å²) in [7, 11) is 0. The second-order valence-corrected chi connectivity index (χ2v) is 6.94. The van der Waals surface area contributed by atoms with Crippen molar-refractivity contribution in [3.05, 3.63) is 83.6 Å². The first kappa shape index (κ1) is 16.6. The third kappa shape index (κ3) is 2.75. The van der Waals surface area contributed by atoms with Crippen LogP contribution in [0, 0.1) is 0 Å². The van der Waals surface area contributed by atoms with Crippen LogP contribution in [0.15, 0.2) is 71.9 Å². The van der Waals surface area contributed by atoms with Crippen LogP contribution in [-0.2, 0) is 0 Å². The highest BCUT2D eigenvalue weighted by Crippen LogP contribution is 2.45. The number of aliphatic imine (C=N–C) groups is 1. The smallest absolute Gasteiger partial charge is 0.274 e. The molecule has 2 aliphatic rings. The number of nitrogens with zero attached hydrogens (tertiary/aromatic N) is 3. The van der Waals surface area contributed by atoms with E-state index in [1.165, 1.54) is 0 Å². The lowest BCUT2D eigenvalue weighted by Crippen LogP contribution is -2.22. The summed E-state index contributed by atoms with van der Waals surface area (Å²) in [6.45, 7) is 0. The number of rotatable bonds is 3. The summed E-state index contributed by atoms with van der Waals surface area (Å²) >= 11 is 0. The van der Waals surface area contributed by atoms with Gasteiger partial charge in [0.2, 0.25) is 0 Å². The molecule has 5 rings (SSSR count). The zero-order valence-corrected chi connectivity index (χ0v) is 15.0. The van der Waals surface area contributed by atoms with Gasteiger partial charge < -0.3 is 4.90 Å². The predicted octanol–water partition coefficient (Wildman–Crippen LogP) is 3.98. The van der Waals surface area contributed by atoms with Crippen LogP contribution in [0.3, 0.4) is 0 Å². The lowest BCUT2D eigenvalue weighted by Gasteiger charge is -2.25. The Labute approximate surface area is 162 Å². The molecule has 1 amide bonds. The normalized spacial score (nSPS) is 15.2. The highest BCUT2D eigenvalue weighted by molar-refractivity contribution is 6.18. The minimum Gasteiger partial charge on any atom is -0.321 e. The van der Waals surface area contributed by atoms with Crippen LogP contribution in [-0.4, -0.2) is 27.9 Å². The van der Waals surface area contributed by atoms with Gasteiger partial charge in [-0.3, -0.25) is 10.0 Å². The third-order valence-corrected chi connectivity index (χ3v) is 5.08. The highest BCUT2D eigenvalue weighted by Gasteiger charge is 2.35. The molecule has 6 heteroatoms. The van der Waals surface area contributed by atoms with E-state index in [1.54, 1.807) is 17.6 Å². The molecule has 2 heterocycles. The van der Waals surface area contributed by atoms with Crippen molar-refractivity contribution in [3.63, 3.8) is 0 Å². The van der Waals surface area contributed by atoms with Gasteiger partial charge in [0, 0.05) is 28.9 Å². The van der Waals surface area contributed by atoms with Gasteiger partial charge >= 0.3 is 0 Å². The summed E-state index contributed by atoms with van der Waals surface area (Å²) in [5, 5.41) is 8.83. The topological polar surface area (TPSA) is 77.8 Å². The van der Waals surface area contributed by atoms with Crippen LogP contribution in [0.2, 0.25) is 0 Å². The van der Waals surface area contributed by atoms with E-state index in [-0.39, 0.29) is 0 Å². The van der Waals surface area contributed by atoms with Gasteiger partial charge in [-0.25, -0.2) is 15.5 Å². The van der Waals surface area contributed by atoms with Gasteiger partial charge in [-0.15, -0.1) is 0 Å². The van der Waals surface area contributed by atoms with Crippen LogP contribution in [0.5, 0.6) is 0 Å². The Morgan fingerprint density at radius 1 is 1.04 bits per heavy atom. The fraction of sp³-hybridized carbons (Fsp3) is 0.136. The van der Waals surface area contributed by atoms with E-state index in [2.05, 4.69) is 11.0 Å². The van der Waals surface area contributed by atoms with Crippen LogP contribution in [0.25, 0.3) is 0 Å². The Morgan fingerprint density at radius 3 is 2.57 bits per heavy atom. The van der Waals surface area contributed by atoms with Crippen molar-refractivity contribution in [2.24, 2.45) is 4.99 Å². The van der Waals surface area contributed by atoms with Gasteiger partial charge in [0.05, 0.1) is 17.1 Å². The van der Waals surface area contributed by atoms with Crippen LogP contribution < -0.4 is 10.4 Å². The second kappa shape index (κ2) is 6.58. The second-order valence-electron chi connectivity index (χ2n) is 6.94. The molecule has 1 saturated carbocycles. The summed E-state index contributed by atoms with van der Waals surface area (Å²) in [4.78, 5) is 23.6. The SMILES string of the molecule is O=C(NO)c1ccc(C2=Nc3ccccc3N(C3CC3)c3ncccc32)cc1. The molecule has 28 heavy (non-hydrogen) atoms. The van der Waals surface area contributed by atoms with E-state index in [1.807, 2.05) is 48.7 Å². The fourth-order valence-corrected chi connectivity index (χ4v) is 3.60. The Bertz CT molecular complexity index is 1090. The Balaban J connectivity index is 1.70. The van der Waals surface area contributed by atoms with Crippen molar-refractivity contribution in [2.75, 3.05) is 4.90 Å². The van der Waals surface area contributed by atoms with Crippen LogP contribution >= 0.6 is 0 Å². The number of benzene rings is 2. The maximum atomic E-state index is 11.6. The van der Waals surface area contributed by atoms with E-state index < -0.39 is 5.91 Å². The van der Waals surface area contributed by atoms with Crippen molar-refractivity contribution in [1.29, 1.82) is 0 Å². The highest BCUT2D eigenvalue weighted by atomic mass is 16.5. The molecule has 1 fully saturated rings. The van der Waals surface area contributed by atoms with Crippen molar-refractivity contribution >= 4 is 28.8 Å². The number of carbonyl (C=O) groups is 1. The number of fused-ring (bicyclic) bond motifs is 2. The lowest BCUT2D eigenvalue weighted by molar-refractivity contribution is 0.0706. The van der Waals surface area contributed by atoms with E-state index >= 15 is 0 Å². The Kier molecular flexibility index (Phi) is 3.91. The zero-order chi connectivity index (χ0) is 19.1. The lowest BCUT2D eigenvalue weighted by atomic mass is 10.0. The van der Waals surface area contributed by atoms with Gasteiger partial charge in [-0.2, -0.15) is 0 Å². The Hall–Kier alpha value is -3.51. The molecule has 2 aromatic carbocycles. The number of carbonyl (C=O) groups excluding carboxylic acids is 1. The largest absolute Gasteiger partial charge is 0.321 e. The summed E-state index contributed by atoms with van der Waals surface area (Å²) in [6, 6.07) is 19.6. The number of para-hydroxylation sites is 2. The molecule has 3 aromatic rings. The summed E-state index contributed by atoms with van der Waals surface area (Å²) in [5.74, 6) is 0.368. The molecule has 1 aromatic heterocycles. The van der Waals surface area contributed by atoms with E-state index in [9.17, 15) is 4.79 Å². The number of hydrogen-bond acceptors (Lipinski definition) is 5. The minimum atomic E-state index is -0.540. The first-order valence-corrected chi connectivity index (χ1v) is 9.23. The van der Waals surface area contributed by atoms with Crippen molar-refractivity contribution < 1.29 is 10.0 Å². The van der Waals surface area contributed by atoms with Crippen LogP contribution in [0.4, 0.5) is 17.2 Å². The van der Waals surface area contributed by atoms with Gasteiger partial charge in [-0.1, -0.05) is 24.3 Å². The number of pyridine rings is 1. The third-order valence-electron chi connectivity index (χ3n) is 5.08. The van der Waals surface area contributed by atoms with Gasteiger partial charge in [-0.05, 0) is 49.2 Å².